The van der Waals surface area contributed by atoms with Gasteiger partial charge in [-0.1, -0.05) is 12.1 Å². The molecule has 0 unspecified atom stereocenters. The van der Waals surface area contributed by atoms with E-state index in [-0.39, 0.29) is 23.6 Å². The number of sulfone groups is 1. The van der Waals surface area contributed by atoms with Gasteiger partial charge in [-0.15, -0.1) is 0 Å². The molecule has 6 nitrogen and oxygen atoms in total. The molecule has 2 saturated heterocycles. The topological polar surface area (TPSA) is 59.1 Å². The summed E-state index contributed by atoms with van der Waals surface area (Å²) in [5, 5.41) is 0.636. The minimum atomic E-state index is -3.07. The summed E-state index contributed by atoms with van der Waals surface area (Å²) in [5.41, 5.74) is 0.812. The second kappa shape index (κ2) is 6.26. The van der Waals surface area contributed by atoms with Gasteiger partial charge in [-0.05, 0) is 24.4 Å². The van der Waals surface area contributed by atoms with Crippen molar-refractivity contribution in [2.45, 2.75) is 12.1 Å². The van der Waals surface area contributed by atoms with Gasteiger partial charge in [0.1, 0.15) is 5.75 Å². The lowest BCUT2D eigenvalue weighted by molar-refractivity contribution is 0.169. The molecule has 2 atom stereocenters. The lowest BCUT2D eigenvalue weighted by Gasteiger charge is -2.26. The zero-order valence-corrected chi connectivity index (χ0v) is 14.8. The lowest BCUT2D eigenvalue weighted by atomic mass is 10.1. The van der Waals surface area contributed by atoms with E-state index in [1.54, 1.807) is 14.2 Å². The van der Waals surface area contributed by atoms with Crippen LogP contribution in [0.15, 0.2) is 24.3 Å². The van der Waals surface area contributed by atoms with Crippen molar-refractivity contribution in [3.05, 3.63) is 24.3 Å². The van der Waals surface area contributed by atoms with Crippen molar-refractivity contribution >= 4 is 32.9 Å². The van der Waals surface area contributed by atoms with Crippen LogP contribution in [-0.2, 0) is 14.6 Å². The van der Waals surface area contributed by atoms with Crippen LogP contribution in [0.5, 0.6) is 5.75 Å². The van der Waals surface area contributed by atoms with E-state index in [9.17, 15) is 8.42 Å². The number of benzene rings is 1. The summed E-state index contributed by atoms with van der Waals surface area (Å²) < 4.78 is 34.9. The third kappa shape index (κ3) is 2.90. The number of rotatable bonds is 5. The van der Waals surface area contributed by atoms with E-state index >= 15 is 0 Å². The normalized spacial score (nSPS) is 25.7. The van der Waals surface area contributed by atoms with E-state index in [1.165, 1.54) is 0 Å². The Morgan fingerprint density at radius 1 is 1.22 bits per heavy atom. The largest absolute Gasteiger partial charge is 0.495 e. The van der Waals surface area contributed by atoms with Gasteiger partial charge in [0.2, 0.25) is 0 Å². The van der Waals surface area contributed by atoms with Crippen LogP contribution >= 0.6 is 12.2 Å². The molecular formula is C15H20N2O4S2. The van der Waals surface area contributed by atoms with Crippen LogP contribution in [0, 0.1) is 0 Å². The fourth-order valence-corrected chi connectivity index (χ4v) is 5.75. The molecule has 0 aliphatic carbocycles. The Morgan fingerprint density at radius 2 is 1.91 bits per heavy atom. The maximum absolute atomic E-state index is 12.1. The number of anilines is 1. The maximum Gasteiger partial charge on any atom is 0.177 e. The molecule has 0 radical (unpaired) electrons. The smallest absolute Gasteiger partial charge is 0.177 e. The Morgan fingerprint density at radius 3 is 2.61 bits per heavy atom. The Hall–Kier alpha value is -1.38. The zero-order chi connectivity index (χ0) is 16.6. The fourth-order valence-electron chi connectivity index (χ4n) is 3.34. The number of methoxy groups -OCH3 is 2. The fraction of sp³-hybridized carbons (Fsp3) is 0.533. The Balaban J connectivity index is 2.00. The summed E-state index contributed by atoms with van der Waals surface area (Å²) >= 11 is 5.64. The van der Waals surface area contributed by atoms with Crippen LogP contribution in [0.4, 0.5) is 5.69 Å². The van der Waals surface area contributed by atoms with Crippen LogP contribution in [-0.4, -0.2) is 69.4 Å². The first-order chi connectivity index (χ1) is 11.0. The standard InChI is InChI=1S/C15H20N2O4S2/c1-20-8-7-16-12-9-23(18,19)10-13(12)17(15(16)22)11-5-3-4-6-14(11)21-2/h3-6,12-13H,7-10H2,1-2H3/t12-,13-/m0/s1. The number of hydrogen-bond acceptors (Lipinski definition) is 5. The van der Waals surface area contributed by atoms with E-state index in [1.807, 2.05) is 34.1 Å². The highest BCUT2D eigenvalue weighted by Crippen LogP contribution is 2.39. The van der Waals surface area contributed by atoms with Crippen molar-refractivity contribution in [2.24, 2.45) is 0 Å². The highest BCUT2D eigenvalue weighted by Gasteiger charge is 2.52. The van der Waals surface area contributed by atoms with Crippen LogP contribution < -0.4 is 9.64 Å². The SMILES string of the molecule is COCCN1C(=S)N(c2ccccc2OC)[C@H]2CS(=O)(=O)C[C@@H]21. The molecule has 1 aromatic carbocycles. The number of ether oxygens (including phenoxy) is 2. The summed E-state index contributed by atoms with van der Waals surface area (Å²) in [5.74, 6) is 0.929. The van der Waals surface area contributed by atoms with Gasteiger partial charge in [-0.2, -0.15) is 0 Å². The predicted octanol–water partition coefficient (Wildman–Crippen LogP) is 0.914. The molecule has 1 aromatic rings. The van der Waals surface area contributed by atoms with E-state index in [2.05, 4.69) is 0 Å². The van der Waals surface area contributed by atoms with Gasteiger partial charge >= 0.3 is 0 Å². The Kier molecular flexibility index (Phi) is 4.48. The van der Waals surface area contributed by atoms with Crippen LogP contribution in [0.1, 0.15) is 0 Å². The monoisotopic (exact) mass is 356 g/mol. The summed E-state index contributed by atoms with van der Waals surface area (Å²) in [7, 11) is 0.154. The molecular weight excluding hydrogens is 336 g/mol. The zero-order valence-electron chi connectivity index (χ0n) is 13.1. The molecule has 0 amide bonds. The number of para-hydroxylation sites is 2. The van der Waals surface area contributed by atoms with E-state index in [4.69, 9.17) is 21.7 Å². The van der Waals surface area contributed by atoms with Gasteiger partial charge in [0.25, 0.3) is 0 Å². The van der Waals surface area contributed by atoms with Crippen molar-refractivity contribution < 1.29 is 17.9 Å². The highest BCUT2D eigenvalue weighted by atomic mass is 32.2. The van der Waals surface area contributed by atoms with Crippen molar-refractivity contribution in [3.8, 4) is 5.75 Å². The second-order valence-corrected chi connectivity index (χ2v) is 8.24. The van der Waals surface area contributed by atoms with Gasteiger partial charge in [-0.3, -0.25) is 0 Å². The summed E-state index contributed by atoms with van der Waals surface area (Å²) in [6.07, 6.45) is 0. The maximum atomic E-state index is 12.1. The molecule has 0 bridgehead atoms. The van der Waals surface area contributed by atoms with Gasteiger partial charge in [-0.25, -0.2) is 8.42 Å². The molecule has 0 aromatic heterocycles. The first-order valence-electron chi connectivity index (χ1n) is 7.40. The van der Waals surface area contributed by atoms with Gasteiger partial charge < -0.3 is 19.3 Å². The van der Waals surface area contributed by atoms with Crippen molar-refractivity contribution in [1.29, 1.82) is 0 Å². The number of nitrogens with zero attached hydrogens (tertiary/aromatic N) is 2. The van der Waals surface area contributed by atoms with E-state index in [0.717, 1.165) is 5.69 Å². The third-order valence-electron chi connectivity index (χ3n) is 4.36. The second-order valence-electron chi connectivity index (χ2n) is 5.72. The Labute approximate surface area is 141 Å². The average molecular weight is 356 g/mol. The minimum Gasteiger partial charge on any atom is -0.495 e. The first kappa shape index (κ1) is 16.5. The van der Waals surface area contributed by atoms with E-state index < -0.39 is 9.84 Å². The highest BCUT2D eigenvalue weighted by molar-refractivity contribution is 7.91. The van der Waals surface area contributed by atoms with Crippen LogP contribution in [0.25, 0.3) is 0 Å². The van der Waals surface area contributed by atoms with Crippen LogP contribution in [0.3, 0.4) is 0 Å². The molecule has 2 aliphatic heterocycles. The lowest BCUT2D eigenvalue weighted by Crippen LogP contribution is -2.39. The minimum absolute atomic E-state index is 0.110. The molecule has 2 fully saturated rings. The van der Waals surface area contributed by atoms with Crippen molar-refractivity contribution in [3.63, 3.8) is 0 Å². The molecule has 126 valence electrons. The molecule has 0 spiro atoms. The van der Waals surface area contributed by atoms with Crippen LogP contribution in [0.2, 0.25) is 0 Å². The summed E-state index contributed by atoms with van der Waals surface area (Å²) in [6, 6.07) is 7.23. The average Bonchev–Trinajstić information content (AvgIpc) is 2.95. The molecule has 3 rings (SSSR count). The molecule has 0 saturated carbocycles. The van der Waals surface area contributed by atoms with Gasteiger partial charge in [0, 0.05) is 13.7 Å². The molecule has 0 N–H and O–H groups in total. The first-order valence-corrected chi connectivity index (χ1v) is 9.63. The van der Waals surface area contributed by atoms with Gasteiger partial charge in [0.05, 0.1) is 43.0 Å². The quantitative estimate of drug-likeness (QED) is 0.727. The summed E-state index contributed by atoms with van der Waals surface area (Å²) in [4.78, 5) is 3.90. The number of hydrogen-bond donors (Lipinski definition) is 0. The third-order valence-corrected chi connectivity index (χ3v) is 6.49. The van der Waals surface area contributed by atoms with E-state index in [0.29, 0.717) is 24.0 Å². The number of fused-ring (bicyclic) bond motifs is 1. The molecule has 23 heavy (non-hydrogen) atoms. The summed E-state index contributed by atoms with van der Waals surface area (Å²) in [6.45, 7) is 1.08. The van der Waals surface area contributed by atoms with Crippen molar-refractivity contribution in [1.82, 2.24) is 4.90 Å². The Bertz CT molecular complexity index is 707. The van der Waals surface area contributed by atoms with Crippen molar-refractivity contribution in [2.75, 3.05) is 43.8 Å². The molecule has 2 aliphatic rings. The van der Waals surface area contributed by atoms with Gasteiger partial charge in [0.15, 0.2) is 14.9 Å². The predicted molar refractivity (Wildman–Crippen MR) is 92.9 cm³/mol. The molecule has 2 heterocycles. The molecule has 8 heteroatoms. The number of thiocarbonyl (C=S) groups is 1.